The summed E-state index contributed by atoms with van der Waals surface area (Å²) in [6.45, 7) is 7.07. The molecule has 0 aliphatic heterocycles. The molecule has 4 rings (SSSR count). The Morgan fingerprint density at radius 3 is 2.88 bits per heavy atom. The van der Waals surface area contributed by atoms with Crippen molar-refractivity contribution in [3.63, 3.8) is 0 Å². The van der Waals surface area contributed by atoms with Gasteiger partial charge in [-0.15, -0.1) is 0 Å². The van der Waals surface area contributed by atoms with Crippen molar-refractivity contribution in [2.45, 2.75) is 32.6 Å². The highest BCUT2D eigenvalue weighted by Gasteiger charge is 2.68. The van der Waals surface area contributed by atoms with E-state index in [4.69, 9.17) is 0 Å². The van der Waals surface area contributed by atoms with Crippen molar-refractivity contribution >= 4 is 5.57 Å². The third-order valence-corrected chi connectivity index (χ3v) is 5.36. The van der Waals surface area contributed by atoms with Gasteiger partial charge in [-0.2, -0.15) is 0 Å². The molecule has 0 aromatic heterocycles. The van der Waals surface area contributed by atoms with Crippen LogP contribution in [-0.4, -0.2) is 0 Å². The first-order chi connectivity index (χ1) is 8.07. The topological polar surface area (TPSA) is 0 Å². The summed E-state index contributed by atoms with van der Waals surface area (Å²) < 4.78 is 0. The van der Waals surface area contributed by atoms with E-state index in [2.05, 4.69) is 57.2 Å². The molecule has 2 unspecified atom stereocenters. The monoisotopic (exact) mass is 222 g/mol. The first-order valence-electron chi connectivity index (χ1n) is 6.58. The Bertz CT molecular complexity index is 586. The van der Waals surface area contributed by atoms with Gasteiger partial charge < -0.3 is 0 Å². The fourth-order valence-corrected chi connectivity index (χ4v) is 4.30. The second-order valence-corrected chi connectivity index (χ2v) is 6.42. The highest BCUT2D eigenvalue weighted by Crippen LogP contribution is 2.76. The summed E-state index contributed by atoms with van der Waals surface area (Å²) >= 11 is 0. The summed E-state index contributed by atoms with van der Waals surface area (Å²) in [6, 6.07) is 6.99. The molecule has 1 aromatic rings. The van der Waals surface area contributed by atoms with Crippen molar-refractivity contribution in [1.29, 1.82) is 0 Å². The van der Waals surface area contributed by atoms with Crippen LogP contribution in [-0.2, 0) is 5.41 Å². The maximum Gasteiger partial charge on any atom is 0.0120 e. The Hall–Kier alpha value is -1.30. The molecular formula is C17H18. The number of allylic oxidation sites excluding steroid dienone is 4. The molecule has 3 aliphatic carbocycles. The van der Waals surface area contributed by atoms with Gasteiger partial charge in [0.25, 0.3) is 0 Å². The lowest BCUT2D eigenvalue weighted by Crippen LogP contribution is -2.27. The van der Waals surface area contributed by atoms with E-state index in [0.29, 0.717) is 10.8 Å². The van der Waals surface area contributed by atoms with Crippen LogP contribution in [0.25, 0.3) is 5.57 Å². The van der Waals surface area contributed by atoms with Crippen molar-refractivity contribution in [3.05, 3.63) is 53.1 Å². The lowest BCUT2D eigenvalue weighted by atomic mass is 9.72. The summed E-state index contributed by atoms with van der Waals surface area (Å²) in [7, 11) is 0. The zero-order chi connectivity index (χ0) is 11.8. The fraction of sp³-hybridized carbons (Fsp3) is 0.412. The molecule has 0 heterocycles. The van der Waals surface area contributed by atoms with Crippen molar-refractivity contribution < 1.29 is 0 Å². The van der Waals surface area contributed by atoms with Crippen molar-refractivity contribution in [2.24, 2.45) is 11.3 Å². The van der Waals surface area contributed by atoms with Crippen LogP contribution in [0, 0.1) is 18.3 Å². The molecular weight excluding hydrogens is 204 g/mol. The Kier molecular flexibility index (Phi) is 1.47. The molecule has 2 atom stereocenters. The normalized spacial score (nSPS) is 34.8. The smallest absolute Gasteiger partial charge is 0.0120 e. The minimum absolute atomic E-state index is 0.301. The summed E-state index contributed by atoms with van der Waals surface area (Å²) in [5, 5.41) is 0. The largest absolute Gasteiger partial charge is 0.0805 e. The lowest BCUT2D eigenvalue weighted by Gasteiger charge is -2.31. The Morgan fingerprint density at radius 1 is 1.24 bits per heavy atom. The van der Waals surface area contributed by atoms with E-state index in [-0.39, 0.29) is 0 Å². The maximum absolute atomic E-state index is 2.44. The fourth-order valence-electron chi connectivity index (χ4n) is 4.30. The highest BCUT2D eigenvalue weighted by atomic mass is 14.7. The molecule has 0 amide bonds. The predicted octanol–water partition coefficient (Wildman–Crippen LogP) is 4.25. The molecule has 0 nitrogen and oxygen atoms in total. The van der Waals surface area contributed by atoms with Gasteiger partial charge in [-0.1, -0.05) is 55.8 Å². The first kappa shape index (κ1) is 9.70. The van der Waals surface area contributed by atoms with Crippen LogP contribution in [0.4, 0.5) is 0 Å². The third-order valence-electron chi connectivity index (χ3n) is 5.36. The van der Waals surface area contributed by atoms with Crippen LogP contribution < -0.4 is 0 Å². The molecule has 3 aliphatic rings. The van der Waals surface area contributed by atoms with Gasteiger partial charge >= 0.3 is 0 Å². The second kappa shape index (κ2) is 2.58. The van der Waals surface area contributed by atoms with Crippen LogP contribution in [0.2, 0.25) is 0 Å². The van der Waals surface area contributed by atoms with Crippen LogP contribution in [0.3, 0.4) is 0 Å². The molecule has 0 N–H and O–H groups in total. The van der Waals surface area contributed by atoms with Crippen molar-refractivity contribution in [2.75, 3.05) is 0 Å². The van der Waals surface area contributed by atoms with Gasteiger partial charge in [0, 0.05) is 10.8 Å². The van der Waals surface area contributed by atoms with Gasteiger partial charge in [0.15, 0.2) is 0 Å². The number of aryl methyl sites for hydroxylation is 1. The van der Waals surface area contributed by atoms with Gasteiger partial charge in [0.1, 0.15) is 0 Å². The number of rotatable bonds is 0. The third kappa shape index (κ3) is 0.887. The Labute approximate surface area is 103 Å². The molecule has 86 valence electrons. The number of hydrogen-bond donors (Lipinski definition) is 0. The summed E-state index contributed by atoms with van der Waals surface area (Å²) in [5.41, 5.74) is 6.79. The average molecular weight is 222 g/mol. The minimum atomic E-state index is 0.301. The lowest BCUT2D eigenvalue weighted by molar-refractivity contribution is 0.376. The first-order valence-corrected chi connectivity index (χ1v) is 6.58. The van der Waals surface area contributed by atoms with Gasteiger partial charge in [0.2, 0.25) is 0 Å². The van der Waals surface area contributed by atoms with Gasteiger partial charge in [-0.25, -0.2) is 0 Å². The van der Waals surface area contributed by atoms with Gasteiger partial charge in [0.05, 0.1) is 0 Å². The molecule has 0 bridgehead atoms. The number of hydrogen-bond acceptors (Lipinski definition) is 0. The van der Waals surface area contributed by atoms with E-state index in [1.54, 1.807) is 11.1 Å². The van der Waals surface area contributed by atoms with Crippen LogP contribution >= 0.6 is 0 Å². The van der Waals surface area contributed by atoms with Gasteiger partial charge in [-0.05, 0) is 36.0 Å². The molecule has 0 heteroatoms. The van der Waals surface area contributed by atoms with Crippen molar-refractivity contribution in [3.8, 4) is 0 Å². The van der Waals surface area contributed by atoms with E-state index in [1.165, 1.54) is 17.5 Å². The zero-order valence-electron chi connectivity index (χ0n) is 10.7. The highest BCUT2D eigenvalue weighted by molar-refractivity contribution is 5.86. The number of benzene rings is 1. The molecule has 1 spiro atoms. The predicted molar refractivity (Wildman–Crippen MR) is 71.9 cm³/mol. The van der Waals surface area contributed by atoms with E-state index in [9.17, 15) is 0 Å². The Balaban J connectivity index is 2.06. The molecule has 1 fully saturated rings. The number of fused-ring (bicyclic) bond motifs is 2. The molecule has 1 saturated carbocycles. The zero-order valence-corrected chi connectivity index (χ0v) is 10.7. The molecule has 0 radical (unpaired) electrons. The molecule has 1 aromatic carbocycles. The Morgan fingerprint density at radius 2 is 2.06 bits per heavy atom. The molecule has 0 saturated heterocycles. The van der Waals surface area contributed by atoms with Gasteiger partial charge in [-0.3, -0.25) is 0 Å². The summed E-state index contributed by atoms with van der Waals surface area (Å²) in [6.07, 6.45) is 8.36. The quantitative estimate of drug-likeness (QED) is 0.615. The van der Waals surface area contributed by atoms with Crippen LogP contribution in [0.5, 0.6) is 0 Å². The van der Waals surface area contributed by atoms with E-state index in [1.807, 2.05) is 0 Å². The van der Waals surface area contributed by atoms with Crippen LogP contribution in [0.15, 0.2) is 36.4 Å². The van der Waals surface area contributed by atoms with Crippen molar-refractivity contribution in [1.82, 2.24) is 0 Å². The summed E-state index contributed by atoms with van der Waals surface area (Å²) in [4.78, 5) is 0. The SMILES string of the molecule is Cc1ccc2c(c1)C(C)(C)C13CC1C=CC=C23. The standard InChI is InChI=1S/C17H18/c1-11-7-8-13-14-6-4-5-12-10-17(12,14)16(2,3)15(13)9-11/h4-9,12H,10H2,1-3H3. The molecule has 17 heavy (non-hydrogen) atoms. The van der Waals surface area contributed by atoms with E-state index >= 15 is 0 Å². The van der Waals surface area contributed by atoms with Crippen LogP contribution in [0.1, 0.15) is 37.0 Å². The maximum atomic E-state index is 2.44. The average Bonchev–Trinajstić information content (AvgIpc) is 3.01. The van der Waals surface area contributed by atoms with E-state index < -0.39 is 0 Å². The minimum Gasteiger partial charge on any atom is -0.0805 e. The van der Waals surface area contributed by atoms with E-state index in [0.717, 1.165) is 5.92 Å². The summed E-state index contributed by atoms with van der Waals surface area (Å²) in [5.74, 6) is 0.783. The second-order valence-electron chi connectivity index (χ2n) is 6.42.